The van der Waals surface area contributed by atoms with Crippen LogP contribution in [-0.2, 0) is 7.05 Å². The number of aromatic nitrogens is 3. The van der Waals surface area contributed by atoms with Crippen LogP contribution in [0.3, 0.4) is 0 Å². The largest absolute Gasteiger partial charge is 0.477 e. The van der Waals surface area contributed by atoms with Gasteiger partial charge < -0.3 is 9.67 Å². The Kier molecular flexibility index (Phi) is 2.31. The van der Waals surface area contributed by atoms with Gasteiger partial charge in [0.1, 0.15) is 0 Å². The number of aryl methyl sites for hydroxylation is 1. The van der Waals surface area contributed by atoms with Crippen LogP contribution < -0.4 is 5.56 Å². The molecule has 2 heterocycles. The number of carboxylic acids is 1. The van der Waals surface area contributed by atoms with Crippen LogP contribution in [0.25, 0.3) is 22.0 Å². The molecule has 0 saturated heterocycles. The highest BCUT2D eigenvalue weighted by Crippen LogP contribution is 2.29. The average Bonchev–Trinajstić information content (AvgIpc) is 2.91. The Hall–Kier alpha value is -2.76. The van der Waals surface area contributed by atoms with E-state index in [2.05, 4.69) is 10.2 Å². The summed E-state index contributed by atoms with van der Waals surface area (Å²) in [5.74, 6) is -1.17. The van der Waals surface area contributed by atoms with Crippen molar-refractivity contribution in [1.82, 2.24) is 14.8 Å². The highest BCUT2D eigenvalue weighted by Gasteiger charge is 2.21. The molecular weight excluding hydrogens is 246 g/mol. The van der Waals surface area contributed by atoms with E-state index in [-0.39, 0.29) is 11.3 Å². The number of aromatic carboxylic acids is 1. The molecule has 0 fully saturated rings. The highest BCUT2D eigenvalue weighted by molar-refractivity contribution is 6.02. The molecule has 0 bridgehead atoms. The zero-order chi connectivity index (χ0) is 13.6. The first-order chi connectivity index (χ1) is 9.09. The molecule has 3 rings (SSSR count). The maximum absolute atomic E-state index is 11.8. The molecule has 0 amide bonds. The molecular formula is C13H11N3O3. The number of hydrogen-bond donors (Lipinski definition) is 3. The minimum absolute atomic E-state index is 0.124. The van der Waals surface area contributed by atoms with Crippen molar-refractivity contribution in [2.75, 3.05) is 0 Å². The topological polar surface area (TPSA) is 90.9 Å². The summed E-state index contributed by atoms with van der Waals surface area (Å²) in [6, 6.07) is 7.53. The number of fused-ring (bicyclic) bond motifs is 1. The van der Waals surface area contributed by atoms with Crippen LogP contribution in [0.5, 0.6) is 0 Å². The van der Waals surface area contributed by atoms with E-state index in [0.717, 1.165) is 10.9 Å². The van der Waals surface area contributed by atoms with Gasteiger partial charge in [-0.2, -0.15) is 0 Å². The van der Waals surface area contributed by atoms with E-state index < -0.39 is 11.5 Å². The summed E-state index contributed by atoms with van der Waals surface area (Å²) >= 11 is 0. The molecule has 3 aromatic rings. The molecule has 0 spiro atoms. The van der Waals surface area contributed by atoms with E-state index in [9.17, 15) is 9.59 Å². The van der Waals surface area contributed by atoms with Crippen LogP contribution in [0.1, 0.15) is 10.5 Å². The van der Waals surface area contributed by atoms with Gasteiger partial charge >= 0.3 is 5.97 Å². The van der Waals surface area contributed by atoms with E-state index in [0.29, 0.717) is 5.56 Å². The van der Waals surface area contributed by atoms with Crippen LogP contribution in [0.15, 0.2) is 35.3 Å². The van der Waals surface area contributed by atoms with Gasteiger partial charge in [-0.3, -0.25) is 15.0 Å². The fourth-order valence-corrected chi connectivity index (χ4v) is 2.32. The third-order valence-electron chi connectivity index (χ3n) is 3.16. The SMILES string of the molecule is Cn1cc(-c2c(C(=O)O)[nH][nH]c2=O)c2ccccc21. The number of carboxylic acid groups (broad SMARTS) is 1. The van der Waals surface area contributed by atoms with Crippen molar-refractivity contribution in [3.05, 3.63) is 46.5 Å². The number of rotatable bonds is 2. The second kappa shape index (κ2) is 3.88. The van der Waals surface area contributed by atoms with Gasteiger partial charge in [-0.05, 0) is 6.07 Å². The molecule has 0 radical (unpaired) electrons. The van der Waals surface area contributed by atoms with Crippen LogP contribution in [-0.4, -0.2) is 25.8 Å². The zero-order valence-corrected chi connectivity index (χ0v) is 10.1. The smallest absolute Gasteiger partial charge is 0.354 e. The third kappa shape index (κ3) is 1.57. The standard InChI is InChI=1S/C13H11N3O3/c1-16-6-8(7-4-2-3-5-9(7)16)10-11(13(18)19)14-15-12(10)17/h2-6H,1H3,(H,18,19)(H2,14,15,17). The predicted octanol–water partition coefficient (Wildman–Crippen LogP) is 1.56. The molecule has 6 heteroatoms. The Bertz CT molecular complexity index is 838. The molecule has 3 N–H and O–H groups in total. The van der Waals surface area contributed by atoms with Crippen LogP contribution in [0.2, 0.25) is 0 Å². The lowest BCUT2D eigenvalue weighted by molar-refractivity contribution is 0.0691. The van der Waals surface area contributed by atoms with E-state index in [1.54, 1.807) is 6.20 Å². The number of H-pyrrole nitrogens is 2. The summed E-state index contributed by atoms with van der Waals surface area (Å²) in [6.07, 6.45) is 1.76. The van der Waals surface area contributed by atoms with Crippen LogP contribution in [0, 0.1) is 0 Å². The first-order valence-electron chi connectivity index (χ1n) is 5.68. The second-order valence-electron chi connectivity index (χ2n) is 4.31. The monoisotopic (exact) mass is 257 g/mol. The van der Waals surface area contributed by atoms with Crippen molar-refractivity contribution in [1.29, 1.82) is 0 Å². The molecule has 19 heavy (non-hydrogen) atoms. The molecule has 0 aliphatic heterocycles. The first kappa shape index (κ1) is 11.3. The minimum Gasteiger partial charge on any atom is -0.477 e. The van der Waals surface area contributed by atoms with Gasteiger partial charge in [0.05, 0.1) is 5.56 Å². The summed E-state index contributed by atoms with van der Waals surface area (Å²) in [5, 5.41) is 14.7. The van der Waals surface area contributed by atoms with Crippen LogP contribution in [0.4, 0.5) is 0 Å². The Balaban J connectivity index is 2.40. The van der Waals surface area contributed by atoms with Crippen molar-refractivity contribution in [2.45, 2.75) is 0 Å². The van der Waals surface area contributed by atoms with Crippen molar-refractivity contribution >= 4 is 16.9 Å². The maximum Gasteiger partial charge on any atom is 0.354 e. The van der Waals surface area contributed by atoms with Gasteiger partial charge in [-0.1, -0.05) is 18.2 Å². The number of hydrogen-bond acceptors (Lipinski definition) is 2. The van der Waals surface area contributed by atoms with Gasteiger partial charge in [0, 0.05) is 29.7 Å². The Labute approximate surface area is 107 Å². The molecule has 0 atom stereocenters. The number of benzene rings is 1. The Morgan fingerprint density at radius 1 is 1.26 bits per heavy atom. The van der Waals surface area contributed by atoms with Gasteiger partial charge in [0.2, 0.25) is 0 Å². The van der Waals surface area contributed by atoms with Crippen molar-refractivity contribution in [3.8, 4) is 11.1 Å². The fourth-order valence-electron chi connectivity index (χ4n) is 2.32. The molecule has 0 unspecified atom stereocenters. The van der Waals surface area contributed by atoms with Gasteiger partial charge in [-0.15, -0.1) is 0 Å². The van der Waals surface area contributed by atoms with E-state index >= 15 is 0 Å². The Morgan fingerprint density at radius 2 is 2.00 bits per heavy atom. The second-order valence-corrected chi connectivity index (χ2v) is 4.31. The summed E-state index contributed by atoms with van der Waals surface area (Å²) in [6.45, 7) is 0. The van der Waals surface area contributed by atoms with Gasteiger partial charge in [0.15, 0.2) is 5.69 Å². The normalized spacial score (nSPS) is 11.0. The van der Waals surface area contributed by atoms with Crippen molar-refractivity contribution < 1.29 is 9.90 Å². The van der Waals surface area contributed by atoms with Crippen LogP contribution >= 0.6 is 0 Å². The molecule has 0 aliphatic rings. The van der Waals surface area contributed by atoms with E-state index in [1.807, 2.05) is 35.9 Å². The van der Waals surface area contributed by atoms with Gasteiger partial charge in [-0.25, -0.2) is 4.79 Å². The number of nitrogens with zero attached hydrogens (tertiary/aromatic N) is 1. The zero-order valence-electron chi connectivity index (χ0n) is 10.1. The number of carbonyl (C=O) groups is 1. The number of nitrogens with one attached hydrogen (secondary N) is 2. The molecule has 96 valence electrons. The summed E-state index contributed by atoms with van der Waals surface area (Å²) in [7, 11) is 1.85. The molecule has 1 aromatic carbocycles. The number of para-hydroxylation sites is 1. The minimum atomic E-state index is -1.17. The molecule has 6 nitrogen and oxygen atoms in total. The quantitative estimate of drug-likeness (QED) is 0.650. The first-order valence-corrected chi connectivity index (χ1v) is 5.68. The summed E-state index contributed by atoms with van der Waals surface area (Å²) in [5.41, 5.74) is 1.15. The Morgan fingerprint density at radius 3 is 2.74 bits per heavy atom. The summed E-state index contributed by atoms with van der Waals surface area (Å²) < 4.78 is 1.86. The van der Waals surface area contributed by atoms with Crippen molar-refractivity contribution in [2.24, 2.45) is 7.05 Å². The lowest BCUT2D eigenvalue weighted by Gasteiger charge is -1.96. The molecule has 0 saturated carbocycles. The summed E-state index contributed by atoms with van der Waals surface area (Å²) in [4.78, 5) is 23.0. The lowest BCUT2D eigenvalue weighted by Crippen LogP contribution is -2.04. The van der Waals surface area contributed by atoms with Crippen molar-refractivity contribution in [3.63, 3.8) is 0 Å². The molecule has 2 aromatic heterocycles. The third-order valence-corrected chi connectivity index (χ3v) is 3.16. The lowest BCUT2D eigenvalue weighted by atomic mass is 10.1. The predicted molar refractivity (Wildman–Crippen MR) is 70.3 cm³/mol. The van der Waals surface area contributed by atoms with Gasteiger partial charge in [0.25, 0.3) is 5.56 Å². The maximum atomic E-state index is 11.8. The van der Waals surface area contributed by atoms with E-state index in [4.69, 9.17) is 5.11 Å². The highest BCUT2D eigenvalue weighted by atomic mass is 16.4. The molecule has 0 aliphatic carbocycles. The fraction of sp³-hybridized carbons (Fsp3) is 0.0769. The number of aromatic amines is 2. The van der Waals surface area contributed by atoms with E-state index in [1.165, 1.54) is 0 Å². The average molecular weight is 257 g/mol.